The number of amidine groups is 1. The van der Waals surface area contributed by atoms with E-state index in [1.807, 2.05) is 6.92 Å². The van der Waals surface area contributed by atoms with Crippen LogP contribution in [0.2, 0.25) is 0 Å². The summed E-state index contributed by atoms with van der Waals surface area (Å²) >= 11 is 0. The van der Waals surface area contributed by atoms with Gasteiger partial charge in [-0.05, 0) is 24.6 Å². The average molecular weight is 308 g/mol. The first-order valence-electron chi connectivity index (χ1n) is 7.48. The van der Waals surface area contributed by atoms with Crippen LogP contribution in [0.5, 0.6) is 5.75 Å². The lowest BCUT2D eigenvalue weighted by Gasteiger charge is -2.11. The quantitative estimate of drug-likeness (QED) is 0.564. The summed E-state index contributed by atoms with van der Waals surface area (Å²) in [4.78, 5) is 17.9. The van der Waals surface area contributed by atoms with Crippen molar-refractivity contribution in [3.8, 4) is 5.75 Å². The number of aliphatic imine (C=N–C) groups is 1. The standard InChI is InChI=1S/C16H25N3O3/c1-5-11-22-16(17-9-10-19(2)3)18-15(20)13-7-6-8-14(12-13)21-4/h6-8,12H,5,9-11H2,1-4H3,(H,17,18,20)/p+1. The molecule has 0 atom stereocenters. The summed E-state index contributed by atoms with van der Waals surface area (Å²) < 4.78 is 10.6. The number of benzene rings is 1. The van der Waals surface area contributed by atoms with Gasteiger partial charge in [-0.25, -0.2) is 4.99 Å². The Kier molecular flexibility index (Phi) is 7.99. The van der Waals surface area contributed by atoms with Crippen molar-refractivity contribution in [1.29, 1.82) is 0 Å². The van der Waals surface area contributed by atoms with Gasteiger partial charge in [0.25, 0.3) is 11.9 Å². The van der Waals surface area contributed by atoms with Crippen LogP contribution in [0.25, 0.3) is 0 Å². The predicted molar refractivity (Wildman–Crippen MR) is 86.7 cm³/mol. The van der Waals surface area contributed by atoms with Crippen molar-refractivity contribution in [3.63, 3.8) is 0 Å². The lowest BCUT2D eigenvalue weighted by Crippen LogP contribution is -3.06. The molecule has 0 aliphatic heterocycles. The smallest absolute Gasteiger partial charge is 0.291 e. The van der Waals surface area contributed by atoms with Gasteiger partial charge < -0.3 is 14.4 Å². The molecule has 6 nitrogen and oxygen atoms in total. The second-order valence-electron chi connectivity index (χ2n) is 5.18. The molecule has 1 aromatic rings. The molecule has 22 heavy (non-hydrogen) atoms. The number of carbonyl (C=O) groups excluding carboxylic acids is 1. The largest absolute Gasteiger partial charge is 0.497 e. The van der Waals surface area contributed by atoms with E-state index in [0.29, 0.717) is 24.5 Å². The average Bonchev–Trinajstić information content (AvgIpc) is 2.52. The lowest BCUT2D eigenvalue weighted by molar-refractivity contribution is -0.856. The molecule has 0 radical (unpaired) electrons. The molecule has 0 unspecified atom stereocenters. The van der Waals surface area contributed by atoms with Crippen molar-refractivity contribution in [3.05, 3.63) is 29.8 Å². The van der Waals surface area contributed by atoms with E-state index in [1.54, 1.807) is 31.4 Å². The third-order valence-corrected chi connectivity index (χ3v) is 2.86. The summed E-state index contributed by atoms with van der Waals surface area (Å²) in [6, 6.07) is 7.23. The lowest BCUT2D eigenvalue weighted by atomic mass is 10.2. The minimum absolute atomic E-state index is 0.258. The zero-order valence-corrected chi connectivity index (χ0v) is 13.8. The molecular formula is C16H26N3O3+. The predicted octanol–water partition coefficient (Wildman–Crippen LogP) is 0.352. The number of amides is 1. The first kappa shape index (κ1) is 18.0. The van der Waals surface area contributed by atoms with Gasteiger partial charge in [0.1, 0.15) is 5.75 Å². The first-order chi connectivity index (χ1) is 10.6. The molecule has 1 aromatic carbocycles. The second-order valence-corrected chi connectivity index (χ2v) is 5.18. The number of carbonyl (C=O) groups is 1. The number of ether oxygens (including phenoxy) is 2. The molecule has 1 rings (SSSR count). The maximum Gasteiger partial charge on any atom is 0.291 e. The molecule has 0 aromatic heterocycles. The normalized spacial score (nSPS) is 11.4. The maximum absolute atomic E-state index is 12.3. The molecule has 0 aliphatic carbocycles. The number of hydrogen-bond acceptors (Lipinski definition) is 4. The van der Waals surface area contributed by atoms with Gasteiger partial charge >= 0.3 is 0 Å². The molecule has 0 fully saturated rings. The summed E-state index contributed by atoms with van der Waals surface area (Å²) in [5.41, 5.74) is 0.505. The zero-order valence-electron chi connectivity index (χ0n) is 13.8. The number of methoxy groups -OCH3 is 1. The summed E-state index contributed by atoms with van der Waals surface area (Å²) in [6.45, 7) is 3.99. The van der Waals surface area contributed by atoms with Gasteiger partial charge in [0.05, 0.1) is 40.9 Å². The fraction of sp³-hybridized carbons (Fsp3) is 0.500. The van der Waals surface area contributed by atoms with Crippen molar-refractivity contribution in [2.24, 2.45) is 4.99 Å². The third-order valence-electron chi connectivity index (χ3n) is 2.86. The zero-order chi connectivity index (χ0) is 16.4. The Morgan fingerprint density at radius 3 is 2.77 bits per heavy atom. The van der Waals surface area contributed by atoms with Crippen LogP contribution in [-0.4, -0.2) is 52.8 Å². The van der Waals surface area contributed by atoms with Crippen LogP contribution in [0.4, 0.5) is 0 Å². The maximum atomic E-state index is 12.3. The molecule has 0 aliphatic rings. The number of nitrogens with zero attached hydrogens (tertiary/aromatic N) is 1. The fourth-order valence-corrected chi connectivity index (χ4v) is 1.63. The minimum atomic E-state index is -0.258. The molecule has 0 heterocycles. The number of rotatable bonds is 7. The first-order valence-corrected chi connectivity index (χ1v) is 7.48. The van der Waals surface area contributed by atoms with Crippen LogP contribution < -0.4 is 15.0 Å². The van der Waals surface area contributed by atoms with Crippen molar-refractivity contribution in [1.82, 2.24) is 5.32 Å². The molecule has 0 saturated heterocycles. The van der Waals surface area contributed by atoms with E-state index in [1.165, 1.54) is 4.90 Å². The Labute approximate surface area is 132 Å². The van der Waals surface area contributed by atoms with E-state index < -0.39 is 0 Å². The van der Waals surface area contributed by atoms with Crippen LogP contribution in [0.15, 0.2) is 29.3 Å². The van der Waals surface area contributed by atoms with Crippen LogP contribution in [-0.2, 0) is 4.74 Å². The van der Waals surface area contributed by atoms with Gasteiger partial charge in [0, 0.05) is 5.56 Å². The molecule has 1 amide bonds. The van der Waals surface area contributed by atoms with E-state index in [4.69, 9.17) is 9.47 Å². The van der Waals surface area contributed by atoms with Crippen molar-refractivity contribution in [2.75, 3.05) is 40.9 Å². The second kappa shape index (κ2) is 9.78. The van der Waals surface area contributed by atoms with Crippen molar-refractivity contribution < 1.29 is 19.2 Å². The number of nitrogens with one attached hydrogen (secondary N) is 2. The summed E-state index contributed by atoms with van der Waals surface area (Å²) in [7, 11) is 5.67. The molecule has 0 bridgehead atoms. The van der Waals surface area contributed by atoms with Crippen LogP contribution in [0.3, 0.4) is 0 Å². The molecular weight excluding hydrogens is 282 g/mol. The Bertz CT molecular complexity index is 501. The highest BCUT2D eigenvalue weighted by atomic mass is 16.5. The Hall–Kier alpha value is -2.08. The summed E-state index contributed by atoms with van der Waals surface area (Å²) in [6.07, 6.45) is 0.854. The monoisotopic (exact) mass is 308 g/mol. The molecule has 6 heteroatoms. The van der Waals surface area contributed by atoms with Gasteiger partial charge in [-0.3, -0.25) is 10.1 Å². The summed E-state index contributed by atoms with van der Waals surface area (Å²) in [5, 5.41) is 2.72. The van der Waals surface area contributed by atoms with Crippen LogP contribution >= 0.6 is 0 Å². The fourth-order valence-electron chi connectivity index (χ4n) is 1.63. The molecule has 0 saturated carbocycles. The highest BCUT2D eigenvalue weighted by Crippen LogP contribution is 2.12. The molecule has 122 valence electrons. The van der Waals surface area contributed by atoms with E-state index >= 15 is 0 Å². The van der Waals surface area contributed by atoms with E-state index in [0.717, 1.165) is 13.0 Å². The van der Waals surface area contributed by atoms with E-state index in [2.05, 4.69) is 24.4 Å². The van der Waals surface area contributed by atoms with Gasteiger partial charge in [-0.1, -0.05) is 13.0 Å². The Balaban J connectivity index is 2.72. The highest BCUT2D eigenvalue weighted by Gasteiger charge is 2.11. The Morgan fingerprint density at radius 1 is 1.36 bits per heavy atom. The number of likely N-dealkylation sites (N-methyl/N-ethyl adjacent to an activating group) is 1. The third kappa shape index (κ3) is 6.58. The van der Waals surface area contributed by atoms with E-state index in [9.17, 15) is 4.79 Å². The number of hydrogen-bond donors (Lipinski definition) is 2. The SMILES string of the molecule is CCCOC(=NCC[NH+](C)C)NC(=O)c1cccc(OC)c1. The highest BCUT2D eigenvalue weighted by molar-refractivity contribution is 6.04. The topological polar surface area (TPSA) is 64.4 Å². The molecule has 2 N–H and O–H groups in total. The van der Waals surface area contributed by atoms with Crippen LogP contribution in [0.1, 0.15) is 23.7 Å². The Morgan fingerprint density at radius 2 is 2.14 bits per heavy atom. The van der Waals surface area contributed by atoms with Crippen molar-refractivity contribution >= 4 is 11.9 Å². The number of quaternary nitrogens is 1. The van der Waals surface area contributed by atoms with Gasteiger partial charge in [0.2, 0.25) is 0 Å². The van der Waals surface area contributed by atoms with Gasteiger partial charge in [-0.2, -0.15) is 0 Å². The molecule has 0 spiro atoms. The summed E-state index contributed by atoms with van der Waals surface area (Å²) in [5.74, 6) is 0.378. The van der Waals surface area contributed by atoms with Crippen molar-refractivity contribution in [2.45, 2.75) is 13.3 Å². The van der Waals surface area contributed by atoms with E-state index in [-0.39, 0.29) is 11.9 Å². The van der Waals surface area contributed by atoms with Gasteiger partial charge in [0.15, 0.2) is 0 Å². The van der Waals surface area contributed by atoms with Gasteiger partial charge in [-0.15, -0.1) is 0 Å². The minimum Gasteiger partial charge on any atom is -0.497 e. The van der Waals surface area contributed by atoms with Crippen LogP contribution in [0, 0.1) is 0 Å².